The predicted molar refractivity (Wildman–Crippen MR) is 133 cm³/mol. The number of barbiturate groups is 1. The maximum atomic E-state index is 13.2. The van der Waals surface area contributed by atoms with Crippen molar-refractivity contribution in [3.63, 3.8) is 0 Å². The van der Waals surface area contributed by atoms with E-state index in [-0.39, 0.29) is 5.57 Å². The Balaban J connectivity index is 1.56. The molecule has 1 aromatic heterocycles. The topological polar surface area (TPSA) is 71.4 Å². The Labute approximate surface area is 201 Å². The van der Waals surface area contributed by atoms with E-state index in [1.54, 1.807) is 30.3 Å². The quantitative estimate of drug-likeness (QED) is 0.325. The SMILES string of the molecule is Cc1ccc(Cn2cc(/C=C3\C(=O)NC(=O)N(c4ccc(Cl)cc4)C3=O)c3ccccc32)cc1. The number of carbonyl (C=O) groups is 3. The van der Waals surface area contributed by atoms with Crippen LogP contribution in [-0.4, -0.2) is 22.4 Å². The van der Waals surface area contributed by atoms with E-state index in [9.17, 15) is 14.4 Å². The minimum absolute atomic E-state index is 0.118. The van der Waals surface area contributed by atoms with Gasteiger partial charge in [0.25, 0.3) is 11.8 Å². The van der Waals surface area contributed by atoms with Crippen molar-refractivity contribution in [2.24, 2.45) is 0 Å². The van der Waals surface area contributed by atoms with Gasteiger partial charge in [0.1, 0.15) is 5.57 Å². The fourth-order valence-corrected chi connectivity index (χ4v) is 4.17. The highest BCUT2D eigenvalue weighted by molar-refractivity contribution is 6.39. The monoisotopic (exact) mass is 469 g/mol. The van der Waals surface area contributed by atoms with Gasteiger partial charge in [0.05, 0.1) is 5.69 Å². The second-order valence-corrected chi connectivity index (χ2v) is 8.59. The van der Waals surface area contributed by atoms with Crippen molar-refractivity contribution in [3.05, 3.63) is 106 Å². The van der Waals surface area contributed by atoms with Crippen LogP contribution < -0.4 is 10.2 Å². The summed E-state index contributed by atoms with van der Waals surface area (Å²) in [5, 5.41) is 3.64. The molecule has 2 heterocycles. The van der Waals surface area contributed by atoms with Crippen molar-refractivity contribution >= 4 is 52.1 Å². The van der Waals surface area contributed by atoms with Crippen molar-refractivity contribution in [3.8, 4) is 0 Å². The number of hydrogen-bond donors (Lipinski definition) is 1. The minimum Gasteiger partial charge on any atom is -0.342 e. The van der Waals surface area contributed by atoms with Crippen LogP contribution >= 0.6 is 11.6 Å². The highest BCUT2D eigenvalue weighted by Gasteiger charge is 2.37. The molecule has 1 aliphatic rings. The number of rotatable bonds is 4. The number of halogens is 1. The number of nitrogens with zero attached hydrogens (tertiary/aromatic N) is 2. The smallest absolute Gasteiger partial charge is 0.335 e. The number of imide groups is 2. The average Bonchev–Trinajstić information content (AvgIpc) is 3.16. The lowest BCUT2D eigenvalue weighted by atomic mass is 10.1. The van der Waals surface area contributed by atoms with Crippen LogP contribution in [0.1, 0.15) is 16.7 Å². The van der Waals surface area contributed by atoms with E-state index < -0.39 is 17.8 Å². The van der Waals surface area contributed by atoms with Gasteiger partial charge in [-0.1, -0.05) is 59.6 Å². The summed E-state index contributed by atoms with van der Waals surface area (Å²) < 4.78 is 2.08. The summed E-state index contributed by atoms with van der Waals surface area (Å²) in [5.74, 6) is -1.41. The van der Waals surface area contributed by atoms with Gasteiger partial charge in [0.2, 0.25) is 0 Å². The van der Waals surface area contributed by atoms with Crippen LogP contribution in [-0.2, 0) is 16.1 Å². The molecule has 0 atom stereocenters. The van der Waals surface area contributed by atoms with E-state index in [0.717, 1.165) is 21.4 Å². The molecular weight excluding hydrogens is 450 g/mol. The Bertz CT molecular complexity index is 1470. The summed E-state index contributed by atoms with van der Waals surface area (Å²) >= 11 is 5.93. The third-order valence-corrected chi connectivity index (χ3v) is 6.03. The van der Waals surface area contributed by atoms with Crippen LogP contribution in [0.4, 0.5) is 10.5 Å². The number of aromatic nitrogens is 1. The van der Waals surface area contributed by atoms with Gasteiger partial charge < -0.3 is 4.57 Å². The van der Waals surface area contributed by atoms with Crippen molar-refractivity contribution < 1.29 is 14.4 Å². The Morgan fingerprint density at radius 2 is 1.62 bits per heavy atom. The second-order valence-electron chi connectivity index (χ2n) is 8.15. The number of carbonyl (C=O) groups excluding carboxylic acids is 3. The van der Waals surface area contributed by atoms with Crippen molar-refractivity contribution in [2.75, 3.05) is 4.90 Å². The van der Waals surface area contributed by atoms with Crippen molar-refractivity contribution in [2.45, 2.75) is 13.5 Å². The number of benzene rings is 3. The van der Waals surface area contributed by atoms with Crippen molar-refractivity contribution in [1.29, 1.82) is 0 Å². The molecule has 34 heavy (non-hydrogen) atoms. The molecule has 1 N–H and O–H groups in total. The minimum atomic E-state index is -0.795. The highest BCUT2D eigenvalue weighted by atomic mass is 35.5. The van der Waals surface area contributed by atoms with Gasteiger partial charge in [-0.3, -0.25) is 14.9 Å². The molecule has 0 spiro atoms. The molecule has 1 fully saturated rings. The summed E-state index contributed by atoms with van der Waals surface area (Å²) in [6, 6.07) is 21.6. The van der Waals surface area contributed by atoms with Gasteiger partial charge in [-0.2, -0.15) is 0 Å². The fraction of sp³-hybridized carbons (Fsp3) is 0.0741. The Morgan fingerprint density at radius 3 is 2.35 bits per heavy atom. The maximum absolute atomic E-state index is 13.2. The summed E-state index contributed by atoms with van der Waals surface area (Å²) in [5.41, 5.74) is 4.22. The number of nitrogens with one attached hydrogen (secondary N) is 1. The van der Waals surface area contributed by atoms with E-state index in [1.165, 1.54) is 5.56 Å². The van der Waals surface area contributed by atoms with Crippen LogP contribution in [0.25, 0.3) is 17.0 Å². The highest BCUT2D eigenvalue weighted by Crippen LogP contribution is 2.27. The molecule has 0 unspecified atom stereocenters. The molecule has 0 radical (unpaired) electrons. The second kappa shape index (κ2) is 8.65. The summed E-state index contributed by atoms with van der Waals surface area (Å²) in [4.78, 5) is 39.3. The number of aryl methyl sites for hydroxylation is 1. The summed E-state index contributed by atoms with van der Waals surface area (Å²) in [6.07, 6.45) is 3.46. The third kappa shape index (κ3) is 4.00. The van der Waals surface area contributed by atoms with Crippen LogP contribution in [0.5, 0.6) is 0 Å². The molecule has 1 saturated heterocycles. The molecule has 6 nitrogen and oxygen atoms in total. The number of para-hydroxylation sites is 1. The predicted octanol–water partition coefficient (Wildman–Crippen LogP) is 5.32. The fourth-order valence-electron chi connectivity index (χ4n) is 4.05. The zero-order chi connectivity index (χ0) is 23.8. The number of amides is 4. The average molecular weight is 470 g/mol. The van der Waals surface area contributed by atoms with Crippen LogP contribution in [0.3, 0.4) is 0 Å². The van der Waals surface area contributed by atoms with Gasteiger partial charge >= 0.3 is 6.03 Å². The first-order chi connectivity index (χ1) is 16.4. The summed E-state index contributed by atoms with van der Waals surface area (Å²) in [6.45, 7) is 2.68. The molecule has 0 bridgehead atoms. The molecular formula is C27H20ClN3O3. The molecule has 7 heteroatoms. The number of fused-ring (bicyclic) bond motifs is 1. The van der Waals surface area contributed by atoms with E-state index >= 15 is 0 Å². The van der Waals surface area contributed by atoms with Crippen LogP contribution in [0.15, 0.2) is 84.6 Å². The molecule has 0 aliphatic carbocycles. The van der Waals surface area contributed by atoms with Crippen LogP contribution in [0.2, 0.25) is 5.02 Å². The molecule has 0 saturated carbocycles. The largest absolute Gasteiger partial charge is 0.342 e. The van der Waals surface area contributed by atoms with Crippen molar-refractivity contribution in [1.82, 2.24) is 9.88 Å². The molecule has 168 valence electrons. The molecule has 4 amide bonds. The van der Waals surface area contributed by atoms with Gasteiger partial charge in [-0.25, -0.2) is 9.69 Å². The standard InChI is InChI=1S/C27H20ClN3O3/c1-17-6-8-18(9-7-17)15-30-16-19(22-4-2-3-5-24(22)30)14-23-25(32)29-27(34)31(26(23)33)21-12-10-20(28)11-13-21/h2-14,16H,15H2,1H3,(H,29,32,34)/b23-14+. The van der Waals surface area contributed by atoms with Gasteiger partial charge in [-0.15, -0.1) is 0 Å². The van der Waals surface area contributed by atoms with E-state index in [1.807, 2.05) is 37.4 Å². The Kier molecular flexibility index (Phi) is 5.51. The third-order valence-electron chi connectivity index (χ3n) is 5.78. The zero-order valence-electron chi connectivity index (χ0n) is 18.3. The van der Waals surface area contributed by atoms with E-state index in [0.29, 0.717) is 22.8 Å². The lowest BCUT2D eigenvalue weighted by Gasteiger charge is -2.26. The van der Waals surface area contributed by atoms with Gasteiger partial charge in [0.15, 0.2) is 0 Å². The number of urea groups is 1. The lowest BCUT2D eigenvalue weighted by Crippen LogP contribution is -2.54. The molecule has 4 aromatic rings. The first-order valence-electron chi connectivity index (χ1n) is 10.7. The first-order valence-corrected chi connectivity index (χ1v) is 11.1. The Morgan fingerprint density at radius 1 is 0.912 bits per heavy atom. The molecule has 5 rings (SSSR count). The molecule has 3 aromatic carbocycles. The first kappa shape index (κ1) is 21.7. The van der Waals surface area contributed by atoms with E-state index in [4.69, 9.17) is 11.6 Å². The maximum Gasteiger partial charge on any atom is 0.335 e. The normalized spacial score (nSPS) is 15.3. The van der Waals surface area contributed by atoms with Gasteiger partial charge in [0, 0.05) is 34.2 Å². The van der Waals surface area contributed by atoms with E-state index in [2.05, 4.69) is 34.1 Å². The summed E-state index contributed by atoms with van der Waals surface area (Å²) in [7, 11) is 0. The van der Waals surface area contributed by atoms with Gasteiger partial charge in [-0.05, 0) is 48.9 Å². The zero-order valence-corrected chi connectivity index (χ0v) is 19.0. The number of hydrogen-bond acceptors (Lipinski definition) is 3. The number of anilines is 1. The lowest BCUT2D eigenvalue weighted by molar-refractivity contribution is -0.122. The molecule has 1 aliphatic heterocycles. The van der Waals surface area contributed by atoms with Crippen LogP contribution in [0, 0.1) is 6.92 Å². The Hall–Kier alpha value is -4.16.